The van der Waals surface area contributed by atoms with E-state index >= 15 is 0 Å². The molecule has 1 aromatic rings. The van der Waals surface area contributed by atoms with Crippen molar-refractivity contribution in [3.8, 4) is 0 Å². The number of hydrogen-bond donors (Lipinski definition) is 0. The van der Waals surface area contributed by atoms with E-state index in [0.29, 0.717) is 5.56 Å². The van der Waals surface area contributed by atoms with Crippen molar-refractivity contribution in [3.63, 3.8) is 0 Å². The zero-order chi connectivity index (χ0) is 15.6. The van der Waals surface area contributed by atoms with Gasteiger partial charge in [-0.05, 0) is 24.6 Å². The van der Waals surface area contributed by atoms with Crippen LogP contribution in [-0.4, -0.2) is 36.0 Å². The summed E-state index contributed by atoms with van der Waals surface area (Å²) in [5.41, 5.74) is 0.631. The van der Waals surface area contributed by atoms with Gasteiger partial charge in [0, 0.05) is 25.1 Å². The lowest BCUT2D eigenvalue weighted by molar-refractivity contribution is 0.399. The van der Waals surface area contributed by atoms with E-state index in [4.69, 9.17) is 0 Å². The first-order chi connectivity index (χ1) is 9.09. The largest absolute Gasteiger partial charge is 0.330 e. The summed E-state index contributed by atoms with van der Waals surface area (Å²) < 4.78 is 53.4. The molecule has 1 rings (SSSR count). The Labute approximate surface area is 120 Å². The standard InChI is InChI=1S/C12H19FN2O3S2/c1-5-19(4,16)14-20(17,18)15(3)10(2)11-6-8-12(13)9-7-11/h6-10H,5H2,1-4H3/t10-,19-/m1/s1. The minimum atomic E-state index is -4.00. The molecule has 2 atom stereocenters. The maximum atomic E-state index is 12.9. The van der Waals surface area contributed by atoms with E-state index in [2.05, 4.69) is 3.77 Å². The van der Waals surface area contributed by atoms with Crippen LogP contribution >= 0.6 is 0 Å². The molecule has 0 amide bonds. The molecule has 20 heavy (non-hydrogen) atoms. The van der Waals surface area contributed by atoms with Crippen LogP contribution in [0.15, 0.2) is 28.0 Å². The number of rotatable bonds is 5. The molecule has 5 nitrogen and oxygen atoms in total. The van der Waals surface area contributed by atoms with Crippen LogP contribution in [0.5, 0.6) is 0 Å². The van der Waals surface area contributed by atoms with Crippen molar-refractivity contribution in [2.45, 2.75) is 19.9 Å². The molecule has 8 heteroatoms. The molecule has 0 radical (unpaired) electrons. The molecule has 0 fully saturated rings. The van der Waals surface area contributed by atoms with Gasteiger partial charge < -0.3 is 0 Å². The minimum absolute atomic E-state index is 0.158. The lowest BCUT2D eigenvalue weighted by Crippen LogP contribution is -2.29. The summed E-state index contributed by atoms with van der Waals surface area (Å²) in [5.74, 6) is -0.232. The molecule has 0 aliphatic heterocycles. The molecule has 0 bridgehead atoms. The van der Waals surface area contributed by atoms with Gasteiger partial charge in [-0.1, -0.05) is 22.8 Å². The van der Waals surface area contributed by atoms with Gasteiger partial charge in [-0.2, -0.15) is 12.7 Å². The van der Waals surface area contributed by atoms with Gasteiger partial charge in [-0.15, -0.1) is 0 Å². The van der Waals surface area contributed by atoms with E-state index in [0.717, 1.165) is 4.31 Å². The average Bonchev–Trinajstić information content (AvgIpc) is 2.36. The first-order valence-corrected chi connectivity index (χ1v) is 9.52. The Hall–Kier alpha value is -0.990. The summed E-state index contributed by atoms with van der Waals surface area (Å²) in [4.78, 5) is 0. The number of benzene rings is 1. The zero-order valence-electron chi connectivity index (χ0n) is 11.9. The molecule has 0 saturated heterocycles. The Morgan fingerprint density at radius 3 is 2.20 bits per heavy atom. The number of nitrogens with zero attached hydrogens (tertiary/aromatic N) is 2. The highest BCUT2D eigenvalue weighted by Gasteiger charge is 2.25. The van der Waals surface area contributed by atoms with E-state index in [9.17, 15) is 17.0 Å². The van der Waals surface area contributed by atoms with Crippen molar-refractivity contribution in [1.29, 1.82) is 0 Å². The van der Waals surface area contributed by atoms with Gasteiger partial charge in [0.15, 0.2) is 0 Å². The van der Waals surface area contributed by atoms with Crippen LogP contribution in [-0.2, 0) is 19.9 Å². The molecule has 0 heterocycles. The van der Waals surface area contributed by atoms with Gasteiger partial charge in [-0.3, -0.25) is 0 Å². The Morgan fingerprint density at radius 1 is 1.25 bits per heavy atom. The Bertz CT molecular complexity index is 677. The normalized spacial score (nSPS) is 16.7. The van der Waals surface area contributed by atoms with E-state index in [1.165, 1.54) is 37.6 Å². The van der Waals surface area contributed by atoms with Crippen LogP contribution in [0.2, 0.25) is 0 Å². The van der Waals surface area contributed by atoms with E-state index in [1.807, 2.05) is 0 Å². The SMILES string of the molecule is CC[S@@](C)(=O)=NS(=O)(=O)N(C)[C@H](C)c1ccc(F)cc1. The first-order valence-electron chi connectivity index (χ1n) is 6.03. The van der Waals surface area contributed by atoms with Crippen molar-refractivity contribution in [3.05, 3.63) is 35.6 Å². The van der Waals surface area contributed by atoms with Crippen molar-refractivity contribution in [2.75, 3.05) is 19.1 Å². The fourth-order valence-electron chi connectivity index (χ4n) is 1.46. The molecule has 0 N–H and O–H groups in total. The molecular weight excluding hydrogens is 303 g/mol. The third-order valence-electron chi connectivity index (χ3n) is 3.05. The summed E-state index contributed by atoms with van der Waals surface area (Å²) in [6.45, 7) is 3.27. The topological polar surface area (TPSA) is 66.8 Å². The molecule has 0 aliphatic carbocycles. The second-order valence-electron chi connectivity index (χ2n) is 4.54. The van der Waals surface area contributed by atoms with Crippen LogP contribution in [0, 0.1) is 5.82 Å². The van der Waals surface area contributed by atoms with Gasteiger partial charge >= 0.3 is 10.2 Å². The zero-order valence-corrected chi connectivity index (χ0v) is 13.5. The average molecular weight is 322 g/mol. The quantitative estimate of drug-likeness (QED) is 0.834. The van der Waals surface area contributed by atoms with Crippen molar-refractivity contribution in [2.24, 2.45) is 3.77 Å². The monoisotopic (exact) mass is 322 g/mol. The van der Waals surface area contributed by atoms with Crippen LogP contribution in [0.1, 0.15) is 25.5 Å². The molecule has 0 unspecified atom stereocenters. The molecule has 1 aromatic carbocycles. The maximum Gasteiger partial charge on any atom is 0.330 e. The summed E-state index contributed by atoms with van der Waals surface area (Å²) >= 11 is 0. The lowest BCUT2D eigenvalue weighted by Gasteiger charge is -2.22. The fourth-order valence-corrected chi connectivity index (χ4v) is 4.41. The highest BCUT2D eigenvalue weighted by atomic mass is 32.3. The maximum absolute atomic E-state index is 12.9. The lowest BCUT2D eigenvalue weighted by atomic mass is 10.1. The second kappa shape index (κ2) is 6.19. The van der Waals surface area contributed by atoms with Crippen molar-refractivity contribution >= 4 is 19.9 Å². The van der Waals surface area contributed by atoms with Crippen LogP contribution < -0.4 is 0 Å². The Morgan fingerprint density at radius 2 is 1.75 bits per heavy atom. The second-order valence-corrected chi connectivity index (χ2v) is 9.11. The Balaban J connectivity index is 3.11. The van der Waals surface area contributed by atoms with Gasteiger partial charge in [0.25, 0.3) is 0 Å². The number of halogens is 1. The predicted molar refractivity (Wildman–Crippen MR) is 78.5 cm³/mol. The van der Waals surface area contributed by atoms with Gasteiger partial charge in [0.2, 0.25) is 0 Å². The van der Waals surface area contributed by atoms with E-state index in [-0.39, 0.29) is 5.75 Å². The summed E-state index contributed by atoms with van der Waals surface area (Å²) in [6.07, 6.45) is 1.31. The van der Waals surface area contributed by atoms with Crippen molar-refractivity contribution < 1.29 is 17.0 Å². The third-order valence-corrected chi connectivity index (χ3v) is 7.18. The molecule has 114 valence electrons. The van der Waals surface area contributed by atoms with Crippen LogP contribution in [0.3, 0.4) is 0 Å². The van der Waals surface area contributed by atoms with E-state index < -0.39 is 31.8 Å². The van der Waals surface area contributed by atoms with Crippen molar-refractivity contribution in [1.82, 2.24) is 4.31 Å². The highest BCUT2D eigenvalue weighted by Crippen LogP contribution is 2.23. The van der Waals surface area contributed by atoms with Crippen LogP contribution in [0.4, 0.5) is 4.39 Å². The number of hydrogen-bond acceptors (Lipinski definition) is 3. The minimum Gasteiger partial charge on any atom is -0.249 e. The molecular formula is C12H19FN2O3S2. The van der Waals surface area contributed by atoms with Gasteiger partial charge in [-0.25, -0.2) is 8.60 Å². The molecule has 0 aromatic heterocycles. The summed E-state index contributed by atoms with van der Waals surface area (Å²) in [6, 6.07) is 5.01. The predicted octanol–water partition coefficient (Wildman–Crippen LogP) is 2.18. The highest BCUT2D eigenvalue weighted by molar-refractivity contribution is 8.02. The Kier molecular flexibility index (Phi) is 5.28. The molecule has 0 saturated carbocycles. The van der Waals surface area contributed by atoms with Crippen LogP contribution in [0.25, 0.3) is 0 Å². The van der Waals surface area contributed by atoms with E-state index in [1.54, 1.807) is 13.8 Å². The third kappa shape index (κ3) is 4.26. The first kappa shape index (κ1) is 17.1. The fraction of sp³-hybridized carbons (Fsp3) is 0.500. The molecule has 0 spiro atoms. The summed E-state index contributed by atoms with van der Waals surface area (Å²) in [5, 5.41) is 0. The smallest absolute Gasteiger partial charge is 0.249 e. The van der Waals surface area contributed by atoms with Gasteiger partial charge in [0.05, 0.1) is 9.73 Å². The molecule has 0 aliphatic rings. The van der Waals surface area contributed by atoms with Gasteiger partial charge in [0.1, 0.15) is 5.82 Å². The summed E-state index contributed by atoms with van der Waals surface area (Å²) in [7, 11) is -5.40.